The Labute approximate surface area is 104 Å². The van der Waals surface area contributed by atoms with Gasteiger partial charge in [-0.25, -0.2) is 4.99 Å². The molecule has 0 aromatic rings. The number of aliphatic imine (C=N–C) groups is 1. The van der Waals surface area contributed by atoms with Crippen LogP contribution < -0.4 is 16.4 Å². The van der Waals surface area contributed by atoms with Crippen molar-refractivity contribution in [3.05, 3.63) is 11.8 Å². The second-order valence-corrected chi connectivity index (χ2v) is 4.32. The van der Waals surface area contributed by atoms with Crippen LogP contribution in [0.15, 0.2) is 16.8 Å². The van der Waals surface area contributed by atoms with Gasteiger partial charge in [0.15, 0.2) is 6.27 Å². The SMILES string of the molecule is [2H]C1(N2CCN[C@H](C)C2)N=C(N)C(C(F)(F)F)=CN1. The fourth-order valence-corrected chi connectivity index (χ4v) is 1.93. The molecule has 8 heteroatoms. The minimum Gasteiger partial charge on any atom is -0.383 e. The second kappa shape index (κ2) is 4.77. The Morgan fingerprint density at radius 1 is 1.61 bits per heavy atom. The van der Waals surface area contributed by atoms with Crippen molar-refractivity contribution in [1.29, 1.82) is 0 Å². The first-order valence-electron chi connectivity index (χ1n) is 6.11. The van der Waals surface area contributed by atoms with E-state index in [4.69, 9.17) is 7.10 Å². The lowest BCUT2D eigenvalue weighted by Gasteiger charge is -2.37. The molecule has 0 radical (unpaired) electrons. The molecule has 2 rings (SSSR count). The number of amidine groups is 1. The number of alkyl halides is 3. The molecule has 1 unspecified atom stereocenters. The molecule has 0 spiro atoms. The first kappa shape index (κ1) is 11.8. The number of nitrogens with zero attached hydrogens (tertiary/aromatic N) is 2. The predicted molar refractivity (Wildman–Crippen MR) is 61.7 cm³/mol. The molecule has 0 aromatic heterocycles. The molecule has 2 heterocycles. The minimum absolute atomic E-state index is 0.141. The van der Waals surface area contributed by atoms with E-state index in [1.165, 1.54) is 0 Å². The van der Waals surface area contributed by atoms with E-state index in [2.05, 4.69) is 15.6 Å². The number of halogens is 3. The van der Waals surface area contributed by atoms with Crippen molar-refractivity contribution in [3.63, 3.8) is 0 Å². The van der Waals surface area contributed by atoms with Crippen molar-refractivity contribution in [2.75, 3.05) is 19.6 Å². The van der Waals surface area contributed by atoms with E-state index in [-0.39, 0.29) is 6.04 Å². The van der Waals surface area contributed by atoms with Crippen LogP contribution in [0.2, 0.25) is 0 Å². The maximum absolute atomic E-state index is 12.6. The van der Waals surface area contributed by atoms with Crippen LogP contribution in [0, 0.1) is 0 Å². The third kappa shape index (κ3) is 2.75. The summed E-state index contributed by atoms with van der Waals surface area (Å²) in [5, 5.41) is 5.57. The van der Waals surface area contributed by atoms with Crippen molar-refractivity contribution in [2.45, 2.75) is 25.4 Å². The lowest BCUT2D eigenvalue weighted by atomic mass is 10.2. The maximum atomic E-state index is 12.6. The highest BCUT2D eigenvalue weighted by Crippen LogP contribution is 2.27. The van der Waals surface area contributed by atoms with Crippen LogP contribution in [0.4, 0.5) is 13.2 Å². The Hall–Kier alpha value is -1.28. The fourth-order valence-electron chi connectivity index (χ4n) is 1.93. The summed E-state index contributed by atoms with van der Waals surface area (Å²) in [6, 6.07) is 0.141. The molecular weight excluding hydrogens is 247 g/mol. The molecule has 4 N–H and O–H groups in total. The molecule has 0 saturated carbocycles. The zero-order valence-electron chi connectivity index (χ0n) is 10.9. The zero-order valence-corrected chi connectivity index (χ0v) is 9.88. The maximum Gasteiger partial charge on any atom is 0.421 e. The molecule has 1 saturated heterocycles. The van der Waals surface area contributed by atoms with Crippen LogP contribution in [0.25, 0.3) is 0 Å². The van der Waals surface area contributed by atoms with Gasteiger partial charge in [-0.1, -0.05) is 0 Å². The summed E-state index contributed by atoms with van der Waals surface area (Å²) in [5.41, 5.74) is 4.30. The number of rotatable bonds is 1. The van der Waals surface area contributed by atoms with Gasteiger partial charge in [0, 0.05) is 31.9 Å². The lowest BCUT2D eigenvalue weighted by molar-refractivity contribution is -0.0871. The monoisotopic (exact) mass is 264 g/mol. The zero-order chi connectivity index (χ0) is 14.3. The Morgan fingerprint density at radius 2 is 2.33 bits per heavy atom. The van der Waals surface area contributed by atoms with Crippen LogP contribution in [0.5, 0.6) is 0 Å². The predicted octanol–water partition coefficient (Wildman–Crippen LogP) is -0.0297. The normalized spacial score (nSPS) is 35.3. The van der Waals surface area contributed by atoms with Crippen molar-refractivity contribution < 1.29 is 14.5 Å². The molecule has 0 amide bonds. The van der Waals surface area contributed by atoms with E-state index < -0.39 is 23.9 Å². The van der Waals surface area contributed by atoms with Gasteiger partial charge >= 0.3 is 6.18 Å². The highest BCUT2D eigenvalue weighted by molar-refractivity contribution is 5.98. The summed E-state index contributed by atoms with van der Waals surface area (Å²) >= 11 is 0. The molecule has 2 aliphatic heterocycles. The third-order valence-electron chi connectivity index (χ3n) is 2.82. The average Bonchev–Trinajstić information content (AvgIpc) is 2.27. The number of hydrogen-bond donors (Lipinski definition) is 3. The van der Waals surface area contributed by atoms with Gasteiger partial charge in [-0.15, -0.1) is 0 Å². The van der Waals surface area contributed by atoms with Crippen LogP contribution in [0.1, 0.15) is 8.29 Å². The van der Waals surface area contributed by atoms with Gasteiger partial charge in [-0.05, 0) is 6.92 Å². The summed E-state index contributed by atoms with van der Waals surface area (Å²) in [4.78, 5) is 5.32. The summed E-state index contributed by atoms with van der Waals surface area (Å²) in [5.74, 6) is -0.660. The van der Waals surface area contributed by atoms with Crippen LogP contribution in [-0.4, -0.2) is 48.9 Å². The van der Waals surface area contributed by atoms with Gasteiger partial charge in [0.25, 0.3) is 0 Å². The molecule has 0 aliphatic carbocycles. The Kier molecular flexibility index (Phi) is 3.13. The topological polar surface area (TPSA) is 65.7 Å². The van der Waals surface area contributed by atoms with Gasteiger partial charge in [-0.2, -0.15) is 13.2 Å². The van der Waals surface area contributed by atoms with Gasteiger partial charge in [0.05, 0.1) is 1.37 Å². The highest BCUT2D eigenvalue weighted by atomic mass is 19.4. The van der Waals surface area contributed by atoms with Crippen LogP contribution in [0.3, 0.4) is 0 Å². The average molecular weight is 264 g/mol. The number of nitrogens with one attached hydrogen (secondary N) is 2. The Balaban J connectivity index is 2.18. The lowest BCUT2D eigenvalue weighted by Crippen LogP contribution is -2.57. The summed E-state index contributed by atoms with van der Waals surface area (Å²) in [6.45, 7) is 3.59. The van der Waals surface area contributed by atoms with E-state index >= 15 is 0 Å². The van der Waals surface area contributed by atoms with Gasteiger partial charge < -0.3 is 16.4 Å². The molecule has 0 bridgehead atoms. The van der Waals surface area contributed by atoms with E-state index in [1.54, 1.807) is 4.90 Å². The van der Waals surface area contributed by atoms with Crippen molar-refractivity contribution >= 4 is 5.84 Å². The van der Waals surface area contributed by atoms with Gasteiger partial charge in [-0.3, -0.25) is 4.90 Å². The first-order valence-corrected chi connectivity index (χ1v) is 5.61. The standard InChI is InChI=1S/C10H16F3N5/c1-6-5-18(3-2-15-6)9-16-4-7(8(14)17-9)10(11,12)13/h4,6,9,15-16H,2-3,5H2,1H3,(H2,14,17)/t6-,9?/m1/s1/i9D. The molecular formula is C10H16F3N5. The van der Waals surface area contributed by atoms with Crippen LogP contribution in [-0.2, 0) is 0 Å². The summed E-state index contributed by atoms with van der Waals surface area (Å²) < 4.78 is 45.9. The number of nitrogens with two attached hydrogens (primary N) is 1. The quantitative estimate of drug-likeness (QED) is 0.622. The van der Waals surface area contributed by atoms with Crippen LogP contribution >= 0.6 is 0 Å². The molecule has 2 aliphatic rings. The van der Waals surface area contributed by atoms with E-state index in [9.17, 15) is 13.2 Å². The van der Waals surface area contributed by atoms with E-state index in [1.807, 2.05) is 6.92 Å². The van der Waals surface area contributed by atoms with Gasteiger partial charge in [0.2, 0.25) is 0 Å². The minimum atomic E-state index is -4.57. The summed E-state index contributed by atoms with van der Waals surface area (Å²) in [6.07, 6.45) is -5.52. The number of piperazine rings is 1. The largest absolute Gasteiger partial charge is 0.421 e. The summed E-state index contributed by atoms with van der Waals surface area (Å²) in [7, 11) is 0. The Morgan fingerprint density at radius 3 is 2.89 bits per heavy atom. The first-order chi connectivity index (χ1) is 8.72. The van der Waals surface area contributed by atoms with Crippen molar-refractivity contribution in [2.24, 2.45) is 10.7 Å². The smallest absolute Gasteiger partial charge is 0.383 e. The Bertz CT molecular complexity index is 422. The second-order valence-electron chi connectivity index (χ2n) is 4.32. The molecule has 18 heavy (non-hydrogen) atoms. The number of hydrogen-bond acceptors (Lipinski definition) is 5. The van der Waals surface area contributed by atoms with E-state index in [0.717, 1.165) is 6.20 Å². The highest BCUT2D eigenvalue weighted by Gasteiger charge is 2.39. The van der Waals surface area contributed by atoms with E-state index in [0.29, 0.717) is 19.6 Å². The van der Waals surface area contributed by atoms with Gasteiger partial charge in [0.1, 0.15) is 11.4 Å². The molecule has 2 atom stereocenters. The molecule has 0 aromatic carbocycles. The fraction of sp³-hybridized carbons (Fsp3) is 0.700. The molecule has 5 nitrogen and oxygen atoms in total. The van der Waals surface area contributed by atoms with Crippen molar-refractivity contribution in [1.82, 2.24) is 15.5 Å². The molecule has 102 valence electrons. The third-order valence-corrected chi connectivity index (χ3v) is 2.82. The van der Waals surface area contributed by atoms with Crippen molar-refractivity contribution in [3.8, 4) is 0 Å². The molecule has 1 fully saturated rings.